The third-order valence-electron chi connectivity index (χ3n) is 3.77. The van der Waals surface area contributed by atoms with Gasteiger partial charge in [-0.25, -0.2) is 8.78 Å². The van der Waals surface area contributed by atoms with Gasteiger partial charge in [0.2, 0.25) is 17.7 Å². The van der Waals surface area contributed by atoms with E-state index in [2.05, 4.69) is 37.4 Å². The summed E-state index contributed by atoms with van der Waals surface area (Å²) in [6, 6.07) is -3.19. The number of alkyl halides is 5. The Kier molecular flexibility index (Phi) is 6.17. The lowest BCUT2D eigenvalue weighted by molar-refractivity contribution is -0.138. The van der Waals surface area contributed by atoms with E-state index in [-0.39, 0.29) is 18.4 Å². The second-order valence-electron chi connectivity index (χ2n) is 6.05. The molecule has 144 valence electrons. The van der Waals surface area contributed by atoms with E-state index < -0.39 is 43.0 Å². The van der Waals surface area contributed by atoms with Crippen molar-refractivity contribution in [3.63, 3.8) is 0 Å². The van der Waals surface area contributed by atoms with E-state index in [1.165, 1.54) is 0 Å². The third-order valence-corrected chi connectivity index (χ3v) is 3.77. The Hall–Kier alpha value is -2.22. The molecule has 11 heteroatoms. The van der Waals surface area contributed by atoms with Crippen molar-refractivity contribution in [2.45, 2.75) is 38.0 Å². The van der Waals surface area contributed by atoms with Crippen molar-refractivity contribution in [3.8, 4) is 11.8 Å². The van der Waals surface area contributed by atoms with Crippen LogP contribution in [0.15, 0.2) is 0 Å². The summed E-state index contributed by atoms with van der Waals surface area (Å²) in [5.41, 5.74) is -0.548. The molecule has 0 radical (unpaired) electrons. The van der Waals surface area contributed by atoms with Gasteiger partial charge in [-0.3, -0.25) is 0 Å². The first-order chi connectivity index (χ1) is 12.2. The quantitative estimate of drug-likeness (QED) is 0.497. The monoisotopic (exact) mass is 379 g/mol. The van der Waals surface area contributed by atoms with E-state index in [0.717, 1.165) is 6.92 Å². The topological polar surface area (TPSA) is 83.0 Å². The van der Waals surface area contributed by atoms with Crippen LogP contribution in [0.25, 0.3) is 0 Å². The molecule has 3 N–H and O–H groups in total. The number of hydrogen-bond donors (Lipinski definition) is 3. The van der Waals surface area contributed by atoms with Gasteiger partial charge >= 0.3 is 6.18 Å². The summed E-state index contributed by atoms with van der Waals surface area (Å²) in [6.45, 7) is -1.39. The lowest BCUT2D eigenvalue weighted by atomic mass is 10.1. The fourth-order valence-corrected chi connectivity index (χ4v) is 1.80. The molecule has 0 aromatic carbocycles. The Morgan fingerprint density at radius 3 is 2.15 bits per heavy atom. The lowest BCUT2D eigenvalue weighted by Gasteiger charge is -2.18. The highest BCUT2D eigenvalue weighted by Crippen LogP contribution is 2.44. The van der Waals surface area contributed by atoms with Crippen molar-refractivity contribution in [1.82, 2.24) is 15.0 Å². The highest BCUT2D eigenvalue weighted by Gasteiger charge is 2.40. The van der Waals surface area contributed by atoms with Crippen LogP contribution in [0.5, 0.6) is 0 Å². The second-order valence-corrected chi connectivity index (χ2v) is 6.05. The normalized spacial score (nSPS) is 16.6. The molecule has 0 saturated heterocycles. The minimum absolute atomic E-state index is 0.155. The summed E-state index contributed by atoms with van der Waals surface area (Å²) in [4.78, 5) is 11.4. The van der Waals surface area contributed by atoms with Crippen LogP contribution in [0.2, 0.25) is 0 Å². The number of aliphatic hydroxyl groups excluding tert-OH is 1. The SMILES string of the molecule is C[C@@H](Nc1nc(C#CC2(CO)CC2)nc(NC(CF)CF)n1)C(F)(F)F. The molecule has 1 heterocycles. The fraction of sp³-hybridized carbons (Fsp3) is 0.667. The molecule has 1 aromatic heterocycles. The summed E-state index contributed by atoms with van der Waals surface area (Å²) in [7, 11) is 0. The van der Waals surface area contributed by atoms with Crippen molar-refractivity contribution in [2.24, 2.45) is 5.41 Å². The molecule has 0 aliphatic heterocycles. The van der Waals surface area contributed by atoms with E-state index in [4.69, 9.17) is 0 Å². The number of nitrogens with one attached hydrogen (secondary N) is 2. The molecule has 0 amide bonds. The Labute approximate surface area is 146 Å². The van der Waals surface area contributed by atoms with Gasteiger partial charge in [0.15, 0.2) is 0 Å². The molecule has 6 nitrogen and oxygen atoms in total. The van der Waals surface area contributed by atoms with Crippen LogP contribution in [0.4, 0.5) is 33.8 Å². The number of nitrogens with zero attached hydrogens (tertiary/aromatic N) is 3. The Bertz CT molecular complexity index is 679. The van der Waals surface area contributed by atoms with Crippen LogP contribution in [-0.2, 0) is 0 Å². The zero-order valence-corrected chi connectivity index (χ0v) is 13.9. The van der Waals surface area contributed by atoms with Crippen LogP contribution in [0, 0.1) is 17.3 Å². The molecule has 0 spiro atoms. The smallest absolute Gasteiger partial charge is 0.395 e. The predicted molar refractivity (Wildman–Crippen MR) is 84.0 cm³/mol. The van der Waals surface area contributed by atoms with Crippen LogP contribution in [0.3, 0.4) is 0 Å². The second kappa shape index (κ2) is 7.99. The number of aromatic nitrogens is 3. The maximum atomic E-state index is 12.7. The Balaban J connectivity index is 2.29. The molecule has 0 bridgehead atoms. The largest absolute Gasteiger partial charge is 0.408 e. The number of halogens is 5. The number of anilines is 2. The van der Waals surface area contributed by atoms with Crippen LogP contribution in [0.1, 0.15) is 25.6 Å². The van der Waals surface area contributed by atoms with Gasteiger partial charge in [-0.15, -0.1) is 0 Å². The lowest BCUT2D eigenvalue weighted by Crippen LogP contribution is -2.34. The zero-order valence-electron chi connectivity index (χ0n) is 13.9. The Morgan fingerprint density at radius 2 is 1.69 bits per heavy atom. The minimum atomic E-state index is -4.54. The third kappa shape index (κ3) is 5.39. The molecule has 1 aliphatic rings. The van der Waals surface area contributed by atoms with E-state index >= 15 is 0 Å². The Morgan fingerprint density at radius 1 is 1.12 bits per heavy atom. The van der Waals surface area contributed by atoms with Crippen LogP contribution < -0.4 is 10.6 Å². The van der Waals surface area contributed by atoms with Crippen molar-refractivity contribution >= 4 is 11.9 Å². The van der Waals surface area contributed by atoms with Crippen molar-refractivity contribution in [3.05, 3.63) is 5.82 Å². The molecule has 1 aliphatic carbocycles. The van der Waals surface area contributed by atoms with Crippen LogP contribution in [-0.4, -0.2) is 58.3 Å². The first kappa shape index (κ1) is 20.1. The highest BCUT2D eigenvalue weighted by molar-refractivity contribution is 5.40. The average Bonchev–Trinajstić information content (AvgIpc) is 3.37. The maximum Gasteiger partial charge on any atom is 0.408 e. The predicted octanol–water partition coefficient (Wildman–Crippen LogP) is 2.08. The zero-order chi connectivity index (χ0) is 19.4. The summed E-state index contributed by atoms with van der Waals surface area (Å²) in [5.74, 6) is 4.46. The van der Waals surface area contributed by atoms with Gasteiger partial charge in [-0.05, 0) is 25.7 Å². The first-order valence-electron chi connectivity index (χ1n) is 7.83. The summed E-state index contributed by atoms with van der Waals surface area (Å²) >= 11 is 0. The van der Waals surface area contributed by atoms with Gasteiger partial charge in [0.05, 0.1) is 18.1 Å². The maximum absolute atomic E-state index is 12.7. The molecule has 1 atom stereocenters. The van der Waals surface area contributed by atoms with Gasteiger partial charge < -0.3 is 15.7 Å². The van der Waals surface area contributed by atoms with E-state index in [1.54, 1.807) is 0 Å². The van der Waals surface area contributed by atoms with Gasteiger partial charge in [0, 0.05) is 0 Å². The summed E-state index contributed by atoms with van der Waals surface area (Å²) < 4.78 is 63.5. The molecule has 26 heavy (non-hydrogen) atoms. The van der Waals surface area contributed by atoms with Gasteiger partial charge in [0.25, 0.3) is 0 Å². The number of rotatable bonds is 7. The highest BCUT2D eigenvalue weighted by atomic mass is 19.4. The molecule has 1 fully saturated rings. The van der Waals surface area contributed by atoms with E-state index in [1.807, 2.05) is 0 Å². The van der Waals surface area contributed by atoms with E-state index in [9.17, 15) is 27.1 Å². The van der Waals surface area contributed by atoms with E-state index in [0.29, 0.717) is 12.8 Å². The molecule has 1 saturated carbocycles. The molecule has 2 rings (SSSR count). The van der Waals surface area contributed by atoms with Gasteiger partial charge in [-0.2, -0.15) is 28.1 Å². The number of aliphatic hydroxyl groups is 1. The van der Waals surface area contributed by atoms with Gasteiger partial charge in [0.1, 0.15) is 19.4 Å². The summed E-state index contributed by atoms with van der Waals surface area (Å²) in [5, 5.41) is 13.7. The standard InChI is InChI=1S/C15H18F5N5O/c1-9(15(18,19)20)21-12-23-11(2-3-14(8-26)4-5-14)24-13(25-12)22-10(6-16)7-17/h9-10,26H,4-8H2,1H3,(H2,21,22,23,24,25)/t9-/m1/s1. The number of hydrogen-bond acceptors (Lipinski definition) is 6. The fourth-order valence-electron chi connectivity index (χ4n) is 1.80. The van der Waals surface area contributed by atoms with Crippen molar-refractivity contribution in [1.29, 1.82) is 0 Å². The molecular formula is C15H18F5N5O. The summed E-state index contributed by atoms with van der Waals surface area (Å²) in [6.07, 6.45) is -3.16. The first-order valence-corrected chi connectivity index (χ1v) is 7.83. The molecular weight excluding hydrogens is 361 g/mol. The van der Waals surface area contributed by atoms with Crippen molar-refractivity contribution < 1.29 is 27.1 Å². The molecule has 1 aromatic rings. The average molecular weight is 379 g/mol. The molecule has 0 unspecified atom stereocenters. The van der Waals surface area contributed by atoms with Crippen LogP contribution >= 0.6 is 0 Å². The minimum Gasteiger partial charge on any atom is -0.395 e. The van der Waals surface area contributed by atoms with Gasteiger partial charge in [-0.1, -0.05) is 5.92 Å². The van der Waals surface area contributed by atoms with Crippen molar-refractivity contribution in [2.75, 3.05) is 30.6 Å².